The Hall–Kier alpha value is -2.36. The number of rotatable bonds is 6. The Morgan fingerprint density at radius 1 is 1.16 bits per heavy atom. The molecular weight excluding hydrogens is 316 g/mol. The molecule has 0 aromatic heterocycles. The second kappa shape index (κ2) is 8.65. The van der Waals surface area contributed by atoms with E-state index in [9.17, 15) is 9.59 Å². The second-order valence-corrected chi connectivity index (χ2v) is 6.20. The highest BCUT2D eigenvalue weighted by Crippen LogP contribution is 2.45. The third-order valence-corrected chi connectivity index (χ3v) is 4.65. The van der Waals surface area contributed by atoms with Crippen LogP contribution in [0, 0.1) is 11.3 Å². The van der Waals surface area contributed by atoms with Gasteiger partial charge in [-0.1, -0.05) is 48.1 Å². The van der Waals surface area contributed by atoms with Crippen LogP contribution in [0.4, 0.5) is 0 Å². The summed E-state index contributed by atoms with van der Waals surface area (Å²) in [6.07, 6.45) is 5.29. The van der Waals surface area contributed by atoms with Crippen LogP contribution in [-0.4, -0.2) is 25.2 Å². The first-order valence-corrected chi connectivity index (χ1v) is 8.80. The summed E-state index contributed by atoms with van der Waals surface area (Å²) in [6.45, 7) is 7.87. The molecule has 134 valence electrons. The number of ether oxygens (including phenoxy) is 2. The van der Waals surface area contributed by atoms with E-state index in [2.05, 4.69) is 12.7 Å². The van der Waals surface area contributed by atoms with Gasteiger partial charge in [0.1, 0.15) is 0 Å². The van der Waals surface area contributed by atoms with E-state index in [1.807, 2.05) is 30.3 Å². The molecule has 2 rings (SSSR count). The first-order chi connectivity index (χ1) is 12.1. The highest BCUT2D eigenvalue weighted by molar-refractivity contribution is 6.00. The minimum Gasteiger partial charge on any atom is -0.465 e. The first kappa shape index (κ1) is 19.0. The molecule has 1 aromatic rings. The summed E-state index contributed by atoms with van der Waals surface area (Å²) >= 11 is 0. The lowest BCUT2D eigenvalue weighted by Crippen LogP contribution is -2.45. The summed E-state index contributed by atoms with van der Waals surface area (Å²) in [6, 6.07) is 10.0. The smallest absolute Gasteiger partial charge is 0.323 e. The van der Waals surface area contributed by atoms with Crippen LogP contribution in [0.1, 0.15) is 38.7 Å². The molecule has 0 aliphatic heterocycles. The molecule has 1 saturated carbocycles. The maximum absolute atomic E-state index is 12.6. The van der Waals surface area contributed by atoms with Gasteiger partial charge in [-0.05, 0) is 44.6 Å². The van der Waals surface area contributed by atoms with E-state index < -0.39 is 17.4 Å². The van der Waals surface area contributed by atoms with Crippen LogP contribution in [0.3, 0.4) is 0 Å². The molecule has 1 unspecified atom stereocenters. The van der Waals surface area contributed by atoms with E-state index in [1.54, 1.807) is 19.9 Å². The summed E-state index contributed by atoms with van der Waals surface area (Å²) in [4.78, 5) is 25.2. The van der Waals surface area contributed by atoms with E-state index >= 15 is 0 Å². The molecule has 0 radical (unpaired) electrons. The Kier molecular flexibility index (Phi) is 6.57. The summed E-state index contributed by atoms with van der Waals surface area (Å²) in [5.41, 5.74) is 1.04. The van der Waals surface area contributed by atoms with Gasteiger partial charge in [-0.15, -0.1) is 6.58 Å². The second-order valence-electron chi connectivity index (χ2n) is 6.20. The summed E-state index contributed by atoms with van der Waals surface area (Å²) in [5, 5.41) is 0. The van der Waals surface area contributed by atoms with Crippen LogP contribution in [-0.2, 0) is 19.1 Å². The highest BCUT2D eigenvalue weighted by atomic mass is 16.6. The van der Waals surface area contributed by atoms with Crippen LogP contribution in [0.25, 0.3) is 6.08 Å². The predicted molar refractivity (Wildman–Crippen MR) is 97.7 cm³/mol. The van der Waals surface area contributed by atoms with Gasteiger partial charge in [0, 0.05) is 0 Å². The average molecular weight is 342 g/mol. The Morgan fingerprint density at radius 3 is 2.28 bits per heavy atom. The van der Waals surface area contributed by atoms with Crippen LogP contribution >= 0.6 is 0 Å². The van der Waals surface area contributed by atoms with Crippen LogP contribution < -0.4 is 0 Å². The van der Waals surface area contributed by atoms with Gasteiger partial charge < -0.3 is 9.47 Å². The lowest BCUT2D eigenvalue weighted by molar-refractivity contribution is -0.174. The zero-order valence-electron chi connectivity index (χ0n) is 15.0. The molecule has 0 amide bonds. The molecule has 0 spiro atoms. The molecular formula is C21H26O4. The van der Waals surface area contributed by atoms with Crippen LogP contribution in [0.2, 0.25) is 0 Å². The van der Waals surface area contributed by atoms with E-state index in [1.165, 1.54) is 5.57 Å². The quantitative estimate of drug-likeness (QED) is 0.442. The molecule has 0 bridgehead atoms. The van der Waals surface area contributed by atoms with Crippen molar-refractivity contribution in [2.24, 2.45) is 11.3 Å². The lowest BCUT2D eigenvalue weighted by Gasteiger charge is -2.37. The molecule has 25 heavy (non-hydrogen) atoms. The van der Waals surface area contributed by atoms with Crippen molar-refractivity contribution < 1.29 is 19.1 Å². The van der Waals surface area contributed by atoms with Crippen molar-refractivity contribution in [1.29, 1.82) is 0 Å². The molecule has 0 N–H and O–H groups in total. The molecule has 1 aliphatic carbocycles. The van der Waals surface area contributed by atoms with Gasteiger partial charge in [-0.2, -0.15) is 0 Å². The predicted octanol–water partition coefficient (Wildman–Crippen LogP) is 4.17. The largest absolute Gasteiger partial charge is 0.465 e. The molecule has 4 heteroatoms. The molecule has 0 saturated heterocycles. The van der Waals surface area contributed by atoms with Gasteiger partial charge in [0.25, 0.3) is 0 Å². The fourth-order valence-electron chi connectivity index (χ4n) is 3.32. The number of carbonyl (C=O) groups is 2. The van der Waals surface area contributed by atoms with Crippen molar-refractivity contribution in [1.82, 2.24) is 0 Å². The minimum atomic E-state index is -1.24. The molecule has 1 fully saturated rings. The fourth-order valence-corrected chi connectivity index (χ4v) is 3.32. The van der Waals surface area contributed by atoms with E-state index in [4.69, 9.17) is 9.47 Å². The van der Waals surface area contributed by atoms with Gasteiger partial charge in [0.15, 0.2) is 5.41 Å². The number of esters is 2. The molecule has 4 nitrogen and oxygen atoms in total. The molecule has 1 aliphatic rings. The normalized spacial score (nSPS) is 20.7. The third kappa shape index (κ3) is 4.19. The highest BCUT2D eigenvalue weighted by Gasteiger charge is 2.52. The average Bonchev–Trinajstić information content (AvgIpc) is 2.63. The van der Waals surface area contributed by atoms with Crippen molar-refractivity contribution in [2.75, 3.05) is 13.2 Å². The van der Waals surface area contributed by atoms with Gasteiger partial charge >= 0.3 is 11.9 Å². The minimum absolute atomic E-state index is 0.0669. The molecule has 1 aromatic carbocycles. The maximum atomic E-state index is 12.6. The van der Waals surface area contributed by atoms with Gasteiger partial charge in [0.05, 0.1) is 13.2 Å². The van der Waals surface area contributed by atoms with Crippen LogP contribution in [0.5, 0.6) is 0 Å². The monoisotopic (exact) mass is 342 g/mol. The number of allylic oxidation sites excluding steroid dienone is 2. The number of benzene rings is 1. The maximum Gasteiger partial charge on any atom is 0.323 e. The lowest BCUT2D eigenvalue weighted by atomic mass is 9.67. The van der Waals surface area contributed by atoms with Gasteiger partial charge in [-0.25, -0.2) is 0 Å². The van der Waals surface area contributed by atoms with Gasteiger partial charge in [-0.3, -0.25) is 9.59 Å². The molecule has 1 atom stereocenters. The Balaban J connectivity index is 2.32. The van der Waals surface area contributed by atoms with Crippen molar-refractivity contribution in [3.05, 3.63) is 54.1 Å². The SMILES string of the molecule is C=CC1CC(C(=O)OCC)(C(=O)OCC)CC/C1=C/c1ccccc1. The standard InChI is InChI=1S/C21H26O4/c1-4-17-15-21(19(22)24-5-2,20(23)25-6-3)13-12-18(17)14-16-10-8-7-9-11-16/h4,7-11,14,17H,1,5-6,12-13,15H2,2-3H3/b18-14-. The van der Waals surface area contributed by atoms with E-state index in [0.717, 1.165) is 5.56 Å². The Bertz CT molecular complexity index is 627. The number of hydrogen-bond donors (Lipinski definition) is 0. The fraction of sp³-hybridized carbons (Fsp3) is 0.429. The summed E-state index contributed by atoms with van der Waals surface area (Å²) in [7, 11) is 0. The third-order valence-electron chi connectivity index (χ3n) is 4.65. The van der Waals surface area contributed by atoms with Crippen molar-refractivity contribution >= 4 is 18.0 Å². The zero-order valence-corrected chi connectivity index (χ0v) is 15.0. The van der Waals surface area contributed by atoms with E-state index in [-0.39, 0.29) is 19.1 Å². The van der Waals surface area contributed by atoms with Crippen molar-refractivity contribution in [2.45, 2.75) is 33.1 Å². The van der Waals surface area contributed by atoms with Crippen molar-refractivity contribution in [3.63, 3.8) is 0 Å². The zero-order chi connectivity index (χ0) is 18.3. The van der Waals surface area contributed by atoms with Crippen LogP contribution in [0.15, 0.2) is 48.6 Å². The first-order valence-electron chi connectivity index (χ1n) is 8.80. The number of hydrogen-bond acceptors (Lipinski definition) is 4. The number of carbonyl (C=O) groups excluding carboxylic acids is 2. The topological polar surface area (TPSA) is 52.6 Å². The Morgan fingerprint density at radius 2 is 1.76 bits per heavy atom. The van der Waals surface area contributed by atoms with Crippen molar-refractivity contribution in [3.8, 4) is 0 Å². The summed E-state index contributed by atoms with van der Waals surface area (Å²) in [5.74, 6) is -1.04. The van der Waals surface area contributed by atoms with Gasteiger partial charge in [0.2, 0.25) is 0 Å². The summed E-state index contributed by atoms with van der Waals surface area (Å²) < 4.78 is 10.4. The molecule has 0 heterocycles. The Labute approximate surface area is 149 Å². The van der Waals surface area contributed by atoms with E-state index in [0.29, 0.717) is 19.3 Å².